The molecule has 0 aliphatic heterocycles. The van der Waals surface area contributed by atoms with Crippen molar-refractivity contribution < 1.29 is 0 Å². The molecule has 0 aromatic rings. The summed E-state index contributed by atoms with van der Waals surface area (Å²) in [7, 11) is -1.14. The zero-order valence-electron chi connectivity index (χ0n) is 7.58. The van der Waals surface area contributed by atoms with Crippen molar-refractivity contribution in [2.24, 2.45) is 0 Å². The molecule has 0 saturated heterocycles. The van der Waals surface area contributed by atoms with Crippen LogP contribution in [0.15, 0.2) is 11.6 Å². The van der Waals surface area contributed by atoms with Crippen molar-refractivity contribution in [3.05, 3.63) is 11.6 Å². The Bertz CT molecular complexity index is 183. The Morgan fingerprint density at radius 1 is 1.30 bits per heavy atom. The van der Waals surface area contributed by atoms with Crippen molar-refractivity contribution in [2.45, 2.75) is 33.5 Å². The van der Waals surface area contributed by atoms with E-state index in [2.05, 4.69) is 31.1 Å². The van der Waals surface area contributed by atoms with Crippen molar-refractivity contribution in [1.82, 2.24) is 0 Å². The third-order valence-electron chi connectivity index (χ3n) is 1.07. The average molecular weight is 152 g/mol. The molecule has 0 nitrogen and oxygen atoms in total. The first-order valence-corrected chi connectivity index (χ1v) is 7.12. The summed E-state index contributed by atoms with van der Waals surface area (Å²) in [6, 6.07) is 0. The number of hydrogen-bond donors (Lipinski definition) is 0. The fourth-order valence-corrected chi connectivity index (χ4v) is 0.930. The molecule has 0 radical (unpaired) electrons. The SMILES string of the molecule is C/C=C(\C)C#C[Si](C)(C)C. The summed E-state index contributed by atoms with van der Waals surface area (Å²) in [6.45, 7) is 10.8. The third-order valence-corrected chi connectivity index (χ3v) is 1.94. The quantitative estimate of drug-likeness (QED) is 0.370. The fourth-order valence-electron chi connectivity index (χ4n) is 0.358. The molecule has 0 rings (SSSR count). The topological polar surface area (TPSA) is 0 Å². The summed E-state index contributed by atoms with van der Waals surface area (Å²) < 4.78 is 0. The molecular weight excluding hydrogens is 136 g/mol. The predicted octanol–water partition coefficient (Wildman–Crippen LogP) is 2.83. The van der Waals surface area contributed by atoms with E-state index in [1.165, 1.54) is 5.57 Å². The summed E-state index contributed by atoms with van der Waals surface area (Å²) in [6.07, 6.45) is 2.05. The first kappa shape index (κ1) is 9.52. The highest BCUT2D eigenvalue weighted by atomic mass is 28.3. The van der Waals surface area contributed by atoms with Crippen LogP contribution in [0.3, 0.4) is 0 Å². The molecule has 0 aliphatic carbocycles. The maximum Gasteiger partial charge on any atom is 0.129 e. The second kappa shape index (κ2) is 3.63. The van der Waals surface area contributed by atoms with E-state index in [9.17, 15) is 0 Å². The van der Waals surface area contributed by atoms with Gasteiger partial charge in [0.15, 0.2) is 0 Å². The molecule has 0 aromatic carbocycles. The molecule has 10 heavy (non-hydrogen) atoms. The van der Waals surface area contributed by atoms with Crippen LogP contribution in [0.25, 0.3) is 0 Å². The first-order chi connectivity index (χ1) is 4.45. The molecule has 0 N–H and O–H groups in total. The Balaban J connectivity index is 4.19. The Morgan fingerprint density at radius 3 is 2.10 bits per heavy atom. The molecule has 0 spiro atoms. The molecule has 0 saturated carbocycles. The zero-order chi connectivity index (χ0) is 8.20. The Morgan fingerprint density at radius 2 is 1.80 bits per heavy atom. The van der Waals surface area contributed by atoms with Crippen molar-refractivity contribution >= 4 is 8.07 Å². The third kappa shape index (κ3) is 5.65. The van der Waals surface area contributed by atoms with Crippen LogP contribution in [0.1, 0.15) is 13.8 Å². The monoisotopic (exact) mass is 152 g/mol. The molecule has 0 amide bonds. The minimum atomic E-state index is -1.14. The summed E-state index contributed by atoms with van der Waals surface area (Å²) in [5.74, 6) is 3.15. The normalized spacial score (nSPS) is 12.3. The minimum Gasteiger partial charge on any atom is -0.127 e. The molecule has 56 valence electrons. The van der Waals surface area contributed by atoms with Crippen LogP contribution in [0.4, 0.5) is 0 Å². The van der Waals surface area contributed by atoms with Gasteiger partial charge in [0.05, 0.1) is 0 Å². The number of rotatable bonds is 0. The summed E-state index contributed by atoms with van der Waals surface area (Å²) >= 11 is 0. The second-order valence-corrected chi connectivity index (χ2v) is 8.22. The molecule has 0 unspecified atom stereocenters. The summed E-state index contributed by atoms with van der Waals surface area (Å²) in [5, 5.41) is 0. The number of hydrogen-bond acceptors (Lipinski definition) is 0. The van der Waals surface area contributed by atoms with Crippen LogP contribution in [-0.4, -0.2) is 8.07 Å². The van der Waals surface area contributed by atoms with Gasteiger partial charge in [-0.15, -0.1) is 5.54 Å². The van der Waals surface area contributed by atoms with Gasteiger partial charge in [-0.1, -0.05) is 31.6 Å². The molecule has 0 bridgehead atoms. The molecule has 0 atom stereocenters. The van der Waals surface area contributed by atoms with Crippen molar-refractivity contribution in [2.75, 3.05) is 0 Å². The lowest BCUT2D eigenvalue weighted by Crippen LogP contribution is -2.16. The van der Waals surface area contributed by atoms with Gasteiger partial charge in [0.25, 0.3) is 0 Å². The largest absolute Gasteiger partial charge is 0.129 e. The highest BCUT2D eigenvalue weighted by Crippen LogP contribution is 1.97. The summed E-state index contributed by atoms with van der Waals surface area (Å²) in [5.41, 5.74) is 4.48. The lowest BCUT2D eigenvalue weighted by Gasteiger charge is -2.02. The molecule has 0 heterocycles. The van der Waals surface area contributed by atoms with E-state index in [1.807, 2.05) is 19.9 Å². The highest BCUT2D eigenvalue weighted by Gasteiger charge is 2.06. The van der Waals surface area contributed by atoms with Gasteiger partial charge in [-0.25, -0.2) is 0 Å². The van der Waals surface area contributed by atoms with Crippen molar-refractivity contribution in [1.29, 1.82) is 0 Å². The smallest absolute Gasteiger partial charge is 0.127 e. The van der Waals surface area contributed by atoms with Crippen LogP contribution >= 0.6 is 0 Å². The molecule has 0 aliphatic rings. The van der Waals surface area contributed by atoms with Gasteiger partial charge < -0.3 is 0 Å². The van der Waals surface area contributed by atoms with E-state index in [1.54, 1.807) is 0 Å². The average Bonchev–Trinajstić information content (AvgIpc) is 1.81. The highest BCUT2D eigenvalue weighted by molar-refractivity contribution is 6.83. The van der Waals surface area contributed by atoms with E-state index >= 15 is 0 Å². The van der Waals surface area contributed by atoms with Gasteiger partial charge in [-0.3, -0.25) is 0 Å². The van der Waals surface area contributed by atoms with Crippen LogP contribution in [0.2, 0.25) is 19.6 Å². The standard InChI is InChI=1S/C9H16Si/c1-6-9(2)7-8-10(3,4)5/h6H,1-5H3/b9-6+. The lowest BCUT2D eigenvalue weighted by molar-refractivity contribution is 1.52. The van der Waals surface area contributed by atoms with E-state index in [-0.39, 0.29) is 0 Å². The maximum atomic E-state index is 3.29. The van der Waals surface area contributed by atoms with Crippen LogP contribution < -0.4 is 0 Å². The predicted molar refractivity (Wildman–Crippen MR) is 50.6 cm³/mol. The molecular formula is C9H16Si. The van der Waals surface area contributed by atoms with Crippen molar-refractivity contribution in [3.8, 4) is 11.5 Å². The molecule has 1 heteroatoms. The van der Waals surface area contributed by atoms with Crippen molar-refractivity contribution in [3.63, 3.8) is 0 Å². The zero-order valence-corrected chi connectivity index (χ0v) is 8.58. The Kier molecular flexibility index (Phi) is 3.45. The van der Waals surface area contributed by atoms with E-state index in [0.717, 1.165) is 0 Å². The van der Waals surface area contributed by atoms with Gasteiger partial charge in [-0.2, -0.15) is 0 Å². The van der Waals surface area contributed by atoms with Gasteiger partial charge in [0, 0.05) is 0 Å². The Labute approximate surface area is 65.3 Å². The number of allylic oxidation sites excluding steroid dienone is 2. The van der Waals surface area contributed by atoms with E-state index in [4.69, 9.17) is 0 Å². The van der Waals surface area contributed by atoms with Crippen LogP contribution in [0, 0.1) is 11.5 Å². The maximum absolute atomic E-state index is 3.29. The van der Waals surface area contributed by atoms with Gasteiger partial charge in [-0.05, 0) is 19.4 Å². The minimum absolute atomic E-state index is 1.14. The fraction of sp³-hybridized carbons (Fsp3) is 0.556. The van der Waals surface area contributed by atoms with Crippen LogP contribution in [-0.2, 0) is 0 Å². The second-order valence-electron chi connectivity index (χ2n) is 3.47. The molecule has 0 fully saturated rings. The van der Waals surface area contributed by atoms with Gasteiger partial charge in [0.1, 0.15) is 8.07 Å². The molecule has 0 aromatic heterocycles. The first-order valence-electron chi connectivity index (χ1n) is 3.62. The summed E-state index contributed by atoms with van der Waals surface area (Å²) in [4.78, 5) is 0. The van der Waals surface area contributed by atoms with Gasteiger partial charge in [0.2, 0.25) is 0 Å². The van der Waals surface area contributed by atoms with Crippen LogP contribution in [0.5, 0.6) is 0 Å². The Hall–Kier alpha value is -0.483. The van der Waals surface area contributed by atoms with E-state index in [0.29, 0.717) is 0 Å². The van der Waals surface area contributed by atoms with Gasteiger partial charge >= 0.3 is 0 Å². The lowest BCUT2D eigenvalue weighted by atomic mass is 10.3. The van der Waals surface area contributed by atoms with E-state index < -0.39 is 8.07 Å².